The molecule has 0 saturated carbocycles. The summed E-state index contributed by atoms with van der Waals surface area (Å²) in [5.74, 6) is 0.737. The number of hydrogen-bond acceptors (Lipinski definition) is 4. The van der Waals surface area contributed by atoms with Crippen molar-refractivity contribution in [1.82, 2.24) is 19.7 Å². The first-order valence-corrected chi connectivity index (χ1v) is 4.89. The maximum Gasteiger partial charge on any atom is 0.146 e. The van der Waals surface area contributed by atoms with Crippen LogP contribution in [0.3, 0.4) is 0 Å². The van der Waals surface area contributed by atoms with Crippen LogP contribution in [0.2, 0.25) is 0 Å². The zero-order valence-electron chi connectivity index (χ0n) is 8.59. The van der Waals surface area contributed by atoms with Crippen molar-refractivity contribution >= 4 is 0 Å². The fourth-order valence-electron chi connectivity index (χ4n) is 1.37. The van der Waals surface area contributed by atoms with Gasteiger partial charge in [0.1, 0.15) is 12.2 Å². The summed E-state index contributed by atoms with van der Waals surface area (Å²) >= 11 is 0. The van der Waals surface area contributed by atoms with E-state index in [-0.39, 0.29) is 0 Å². The lowest BCUT2D eigenvalue weighted by molar-refractivity contribution is 0.784. The molecule has 0 unspecified atom stereocenters. The Hall–Kier alpha value is -1.75. The van der Waals surface area contributed by atoms with Crippen LogP contribution >= 0.6 is 0 Å². The lowest BCUT2D eigenvalue weighted by Crippen LogP contribution is -2.08. The zero-order valence-corrected chi connectivity index (χ0v) is 8.59. The number of pyridine rings is 1. The molecule has 5 nitrogen and oxygen atoms in total. The molecule has 2 rings (SSSR count). The summed E-state index contributed by atoms with van der Waals surface area (Å²) in [5, 5.41) is 4.10. The van der Waals surface area contributed by atoms with Gasteiger partial charge in [-0.05, 0) is 18.6 Å². The number of aromatic nitrogens is 4. The molecule has 2 N–H and O–H groups in total. The molecule has 5 heteroatoms. The largest absolute Gasteiger partial charge is 0.324 e. The van der Waals surface area contributed by atoms with Crippen LogP contribution in [0.4, 0.5) is 0 Å². The molecule has 78 valence electrons. The lowest BCUT2D eigenvalue weighted by atomic mass is 10.3. The van der Waals surface area contributed by atoms with E-state index in [1.807, 2.05) is 12.1 Å². The van der Waals surface area contributed by atoms with Gasteiger partial charge in [0.25, 0.3) is 0 Å². The summed E-state index contributed by atoms with van der Waals surface area (Å²) in [6.45, 7) is 2.44. The number of nitrogens with zero attached hydrogens (tertiary/aromatic N) is 4. The second-order valence-corrected chi connectivity index (χ2v) is 3.15. The van der Waals surface area contributed by atoms with E-state index in [2.05, 4.69) is 22.0 Å². The normalized spacial score (nSPS) is 10.5. The zero-order chi connectivity index (χ0) is 10.7. The van der Waals surface area contributed by atoms with E-state index in [9.17, 15) is 0 Å². The molecule has 0 aliphatic carbocycles. The molecule has 0 fully saturated rings. The first-order valence-electron chi connectivity index (χ1n) is 4.89. The Morgan fingerprint density at radius 2 is 2.20 bits per heavy atom. The maximum absolute atomic E-state index is 5.54. The van der Waals surface area contributed by atoms with Crippen LogP contribution in [0.1, 0.15) is 18.4 Å². The molecule has 0 amide bonds. The van der Waals surface area contributed by atoms with E-state index >= 15 is 0 Å². The summed E-state index contributed by atoms with van der Waals surface area (Å²) in [6, 6.07) is 3.96. The highest BCUT2D eigenvalue weighted by Crippen LogP contribution is 2.07. The smallest absolute Gasteiger partial charge is 0.146 e. The summed E-state index contributed by atoms with van der Waals surface area (Å²) in [6.07, 6.45) is 4.21. The molecule has 2 aromatic rings. The third kappa shape index (κ3) is 1.87. The van der Waals surface area contributed by atoms with Crippen molar-refractivity contribution in [3.63, 3.8) is 0 Å². The Kier molecular flexibility index (Phi) is 2.73. The van der Waals surface area contributed by atoms with Gasteiger partial charge in [-0.2, -0.15) is 5.10 Å². The van der Waals surface area contributed by atoms with Gasteiger partial charge in [0.15, 0.2) is 0 Å². The molecular weight excluding hydrogens is 190 g/mol. The first kappa shape index (κ1) is 9.79. The second-order valence-electron chi connectivity index (χ2n) is 3.15. The highest BCUT2D eigenvalue weighted by Gasteiger charge is 2.04. The molecule has 0 bridgehead atoms. The van der Waals surface area contributed by atoms with Crippen LogP contribution in [-0.4, -0.2) is 19.7 Å². The average molecular weight is 203 g/mol. The molecule has 0 aliphatic rings. The quantitative estimate of drug-likeness (QED) is 0.796. The molecule has 0 atom stereocenters. The van der Waals surface area contributed by atoms with E-state index in [1.165, 1.54) is 6.33 Å². The van der Waals surface area contributed by atoms with Crippen LogP contribution in [-0.2, 0) is 13.0 Å². The molecule has 0 aliphatic heterocycles. The predicted molar refractivity (Wildman–Crippen MR) is 56.4 cm³/mol. The molecular formula is C10H13N5. The Labute approximate surface area is 88.0 Å². The monoisotopic (exact) mass is 203 g/mol. The van der Waals surface area contributed by atoms with Crippen molar-refractivity contribution in [2.45, 2.75) is 19.9 Å². The van der Waals surface area contributed by atoms with Crippen LogP contribution in [0.25, 0.3) is 5.69 Å². The van der Waals surface area contributed by atoms with Gasteiger partial charge in [0, 0.05) is 5.69 Å². The summed E-state index contributed by atoms with van der Waals surface area (Å²) in [7, 11) is 0. The molecule has 0 radical (unpaired) electrons. The van der Waals surface area contributed by atoms with E-state index in [4.69, 9.17) is 5.73 Å². The minimum Gasteiger partial charge on any atom is -0.324 e. The first-order chi connectivity index (χ1) is 7.35. The molecule has 2 heterocycles. The van der Waals surface area contributed by atoms with Gasteiger partial charge >= 0.3 is 0 Å². The maximum atomic E-state index is 5.54. The van der Waals surface area contributed by atoms with Crippen molar-refractivity contribution < 1.29 is 0 Å². The van der Waals surface area contributed by atoms with Crippen LogP contribution < -0.4 is 5.73 Å². The summed E-state index contributed by atoms with van der Waals surface area (Å²) in [5.41, 5.74) is 7.50. The van der Waals surface area contributed by atoms with Gasteiger partial charge in [-0.3, -0.25) is 4.98 Å². The van der Waals surface area contributed by atoms with Gasteiger partial charge in [-0.1, -0.05) is 6.92 Å². The van der Waals surface area contributed by atoms with Crippen LogP contribution in [0, 0.1) is 0 Å². The highest BCUT2D eigenvalue weighted by atomic mass is 15.3. The third-order valence-electron chi connectivity index (χ3n) is 2.22. The number of aryl methyl sites for hydroxylation is 1. The summed E-state index contributed by atoms with van der Waals surface area (Å²) < 4.78 is 1.70. The Morgan fingerprint density at radius 3 is 2.80 bits per heavy atom. The Bertz CT molecular complexity index is 431. The molecule has 0 spiro atoms. The molecule has 0 aromatic carbocycles. The van der Waals surface area contributed by atoms with E-state index in [0.717, 1.165) is 23.6 Å². The second kappa shape index (κ2) is 4.18. The fourth-order valence-corrected chi connectivity index (χ4v) is 1.37. The predicted octanol–water partition coefficient (Wildman–Crippen LogP) is 0.683. The summed E-state index contributed by atoms with van der Waals surface area (Å²) in [4.78, 5) is 8.35. The van der Waals surface area contributed by atoms with Crippen molar-refractivity contribution in [3.05, 3.63) is 36.2 Å². The molecule has 2 aromatic heterocycles. The average Bonchev–Trinajstić information content (AvgIpc) is 2.77. The number of rotatable bonds is 3. The highest BCUT2D eigenvalue weighted by molar-refractivity contribution is 5.29. The van der Waals surface area contributed by atoms with E-state index < -0.39 is 0 Å². The molecule has 15 heavy (non-hydrogen) atoms. The fraction of sp³-hybridized carbons (Fsp3) is 0.300. The minimum atomic E-state index is 0.371. The third-order valence-corrected chi connectivity index (χ3v) is 2.22. The standard InChI is InChI=1S/C10H13N5/c1-2-8-3-4-9(6-12-8)15-10(5-11)13-7-14-15/h3-4,6-7H,2,5,11H2,1H3. The van der Waals surface area contributed by atoms with Crippen molar-refractivity contribution in [2.75, 3.05) is 0 Å². The van der Waals surface area contributed by atoms with Gasteiger partial charge in [-0.25, -0.2) is 9.67 Å². The van der Waals surface area contributed by atoms with Crippen LogP contribution in [0.5, 0.6) is 0 Å². The Balaban J connectivity index is 2.37. The Morgan fingerprint density at radius 1 is 1.33 bits per heavy atom. The van der Waals surface area contributed by atoms with Crippen molar-refractivity contribution in [2.24, 2.45) is 5.73 Å². The number of nitrogens with two attached hydrogens (primary N) is 1. The van der Waals surface area contributed by atoms with Gasteiger partial charge in [0.2, 0.25) is 0 Å². The van der Waals surface area contributed by atoms with Crippen molar-refractivity contribution in [3.8, 4) is 5.69 Å². The van der Waals surface area contributed by atoms with Crippen LogP contribution in [0.15, 0.2) is 24.7 Å². The SMILES string of the molecule is CCc1ccc(-n2ncnc2CN)cn1. The van der Waals surface area contributed by atoms with E-state index in [1.54, 1.807) is 10.9 Å². The topological polar surface area (TPSA) is 69.6 Å². The van der Waals surface area contributed by atoms with Crippen molar-refractivity contribution in [1.29, 1.82) is 0 Å². The minimum absolute atomic E-state index is 0.371. The number of hydrogen-bond donors (Lipinski definition) is 1. The van der Waals surface area contributed by atoms with Gasteiger partial charge in [0.05, 0.1) is 18.4 Å². The van der Waals surface area contributed by atoms with E-state index in [0.29, 0.717) is 6.54 Å². The van der Waals surface area contributed by atoms with Gasteiger partial charge < -0.3 is 5.73 Å². The molecule has 0 saturated heterocycles. The van der Waals surface area contributed by atoms with Gasteiger partial charge in [-0.15, -0.1) is 0 Å². The lowest BCUT2D eigenvalue weighted by Gasteiger charge is -2.04.